The number of carboxylic acid groups (broad SMARTS) is 1. The Kier molecular flexibility index (Phi) is 5.62. The first-order chi connectivity index (χ1) is 12.7. The van der Waals surface area contributed by atoms with Crippen LogP contribution >= 0.6 is 11.8 Å². The number of amides is 1. The molecule has 0 aliphatic carbocycles. The molecule has 0 radical (unpaired) electrons. The summed E-state index contributed by atoms with van der Waals surface area (Å²) in [6.07, 6.45) is 0.00751. The summed E-state index contributed by atoms with van der Waals surface area (Å²) in [5, 5.41) is 10.8. The van der Waals surface area contributed by atoms with Crippen molar-refractivity contribution in [1.82, 2.24) is 0 Å². The third-order valence-electron chi connectivity index (χ3n) is 4.68. The van der Waals surface area contributed by atoms with E-state index in [-0.39, 0.29) is 42.1 Å². The van der Waals surface area contributed by atoms with Crippen molar-refractivity contribution < 1.29 is 23.1 Å². The average Bonchev–Trinajstić information content (AvgIpc) is 3.00. The van der Waals surface area contributed by atoms with Gasteiger partial charge in [-0.3, -0.25) is 4.79 Å². The normalized spacial score (nSPS) is 25.0. The van der Waals surface area contributed by atoms with Gasteiger partial charge in [0, 0.05) is 23.3 Å². The number of aryl methyl sites for hydroxylation is 2. The molecule has 1 aromatic rings. The van der Waals surface area contributed by atoms with Crippen LogP contribution in [-0.4, -0.2) is 48.3 Å². The molecule has 9 heteroatoms. The second-order valence-electron chi connectivity index (χ2n) is 6.97. The summed E-state index contributed by atoms with van der Waals surface area (Å²) >= 11 is 1.32. The molecule has 0 spiro atoms. The Morgan fingerprint density at radius 2 is 2.00 bits per heavy atom. The van der Waals surface area contributed by atoms with E-state index in [9.17, 15) is 23.1 Å². The summed E-state index contributed by atoms with van der Waals surface area (Å²) in [7, 11) is -3.12. The molecule has 1 amide bonds. The predicted octanol–water partition coefficient (Wildman–Crippen LogP) is 0.825. The van der Waals surface area contributed by atoms with Crippen LogP contribution in [0.5, 0.6) is 0 Å². The fourth-order valence-electron chi connectivity index (χ4n) is 3.37. The number of rotatable bonds is 5. The lowest BCUT2D eigenvalue weighted by atomic mass is 10.1. The van der Waals surface area contributed by atoms with Gasteiger partial charge < -0.3 is 14.8 Å². The maximum Gasteiger partial charge on any atom is 0.248 e. The molecule has 2 atom stereocenters. The molecule has 2 aliphatic heterocycles. The van der Waals surface area contributed by atoms with E-state index in [1.807, 2.05) is 36.9 Å². The van der Waals surface area contributed by atoms with E-state index in [1.54, 1.807) is 0 Å². The molecule has 0 saturated carbocycles. The number of aliphatic carboxylic acids is 1. The molecular weight excluding hydrogens is 388 g/mol. The third kappa shape index (κ3) is 4.52. The van der Waals surface area contributed by atoms with Crippen LogP contribution < -0.4 is 10.0 Å². The number of thioether (sulfide) groups is 1. The average molecular weight is 410 g/mol. The van der Waals surface area contributed by atoms with Crippen molar-refractivity contribution in [3.63, 3.8) is 0 Å². The van der Waals surface area contributed by atoms with Gasteiger partial charge in [0.2, 0.25) is 5.91 Å². The SMILES string of the molecule is Cc1ccc(C)c(N2C(=NC(=O)CCCC(=O)[O-])S[C@@H]3CS(=O)(=O)C[C@@H]32)c1. The summed E-state index contributed by atoms with van der Waals surface area (Å²) in [6.45, 7) is 3.90. The molecule has 2 aliphatic rings. The summed E-state index contributed by atoms with van der Waals surface area (Å²) in [6, 6.07) is 5.66. The van der Waals surface area contributed by atoms with Crippen LogP contribution in [0.1, 0.15) is 30.4 Å². The van der Waals surface area contributed by atoms with E-state index >= 15 is 0 Å². The van der Waals surface area contributed by atoms with Gasteiger partial charge >= 0.3 is 0 Å². The number of nitrogens with zero attached hydrogens (tertiary/aromatic N) is 2. The third-order valence-corrected chi connectivity index (χ3v) is 7.89. The van der Waals surface area contributed by atoms with Gasteiger partial charge in [0.1, 0.15) is 0 Å². The van der Waals surface area contributed by atoms with Gasteiger partial charge in [0.05, 0.1) is 17.5 Å². The predicted molar refractivity (Wildman–Crippen MR) is 104 cm³/mol. The molecule has 146 valence electrons. The first kappa shape index (κ1) is 19.9. The maximum atomic E-state index is 12.2. The number of fused-ring (bicyclic) bond motifs is 1. The number of carbonyl (C=O) groups is 2. The summed E-state index contributed by atoms with van der Waals surface area (Å²) in [4.78, 5) is 28.8. The Balaban J connectivity index is 1.91. The molecule has 3 rings (SSSR count). The van der Waals surface area contributed by atoms with Crippen LogP contribution in [0.3, 0.4) is 0 Å². The van der Waals surface area contributed by atoms with Gasteiger partial charge in [0.25, 0.3) is 0 Å². The molecule has 2 heterocycles. The number of carbonyl (C=O) groups excluding carboxylic acids is 2. The Bertz CT molecular complexity index is 910. The van der Waals surface area contributed by atoms with Crippen LogP contribution in [-0.2, 0) is 19.4 Å². The number of sulfone groups is 1. The van der Waals surface area contributed by atoms with Gasteiger partial charge in [-0.25, -0.2) is 8.42 Å². The van der Waals surface area contributed by atoms with E-state index in [1.165, 1.54) is 11.8 Å². The molecular formula is C18H21N2O5S2-. The fraction of sp³-hybridized carbons (Fsp3) is 0.500. The summed E-state index contributed by atoms with van der Waals surface area (Å²) < 4.78 is 24.2. The van der Waals surface area contributed by atoms with E-state index in [0.717, 1.165) is 16.8 Å². The fourth-order valence-corrected chi connectivity index (χ4v) is 7.30. The van der Waals surface area contributed by atoms with Gasteiger partial charge in [-0.2, -0.15) is 4.99 Å². The first-order valence-corrected chi connectivity index (χ1v) is 11.4. The zero-order chi connectivity index (χ0) is 19.8. The summed E-state index contributed by atoms with van der Waals surface area (Å²) in [5.41, 5.74) is 2.86. The molecule has 2 saturated heterocycles. The largest absolute Gasteiger partial charge is 0.550 e. The number of hydrogen-bond donors (Lipinski definition) is 0. The van der Waals surface area contributed by atoms with E-state index in [0.29, 0.717) is 5.17 Å². The number of aliphatic imine (C=N–C) groups is 1. The van der Waals surface area contributed by atoms with Crippen molar-refractivity contribution in [2.75, 3.05) is 16.4 Å². The minimum atomic E-state index is -3.12. The van der Waals surface area contributed by atoms with Gasteiger partial charge in [0.15, 0.2) is 15.0 Å². The number of amidine groups is 1. The molecule has 27 heavy (non-hydrogen) atoms. The Morgan fingerprint density at radius 1 is 1.26 bits per heavy atom. The Hall–Kier alpha value is -1.87. The van der Waals surface area contributed by atoms with Gasteiger partial charge in [-0.15, -0.1) is 0 Å². The molecule has 0 unspecified atom stereocenters. The lowest BCUT2D eigenvalue weighted by molar-refractivity contribution is -0.305. The van der Waals surface area contributed by atoms with Crippen LogP contribution in [0.15, 0.2) is 23.2 Å². The Morgan fingerprint density at radius 3 is 2.70 bits per heavy atom. The zero-order valence-corrected chi connectivity index (χ0v) is 16.8. The van der Waals surface area contributed by atoms with Crippen LogP contribution in [0.2, 0.25) is 0 Å². The standard InChI is InChI=1S/C18H22N2O5S2/c1-11-6-7-12(2)13(8-11)20-14-9-27(24,25)10-15(14)26-18(20)19-16(21)4-3-5-17(22)23/h6-8,14-15H,3-5,9-10H2,1-2H3,(H,22,23)/p-1/t14-,15+/m0/s1. The van der Waals surface area contributed by atoms with Crippen molar-refractivity contribution in [3.05, 3.63) is 29.3 Å². The van der Waals surface area contributed by atoms with Gasteiger partial charge in [-0.05, 0) is 43.9 Å². The van der Waals surface area contributed by atoms with Crippen LogP contribution in [0.4, 0.5) is 5.69 Å². The first-order valence-electron chi connectivity index (χ1n) is 8.71. The maximum absolute atomic E-state index is 12.2. The van der Waals surface area contributed by atoms with Crippen LogP contribution in [0.25, 0.3) is 0 Å². The lowest BCUT2D eigenvalue weighted by Gasteiger charge is -2.26. The second-order valence-corrected chi connectivity index (χ2v) is 10.3. The molecule has 0 aromatic heterocycles. The lowest BCUT2D eigenvalue weighted by Crippen LogP contribution is -2.38. The van der Waals surface area contributed by atoms with Crippen molar-refractivity contribution in [2.45, 2.75) is 44.4 Å². The smallest absolute Gasteiger partial charge is 0.248 e. The number of carboxylic acids is 1. The molecule has 1 aromatic carbocycles. The topological polar surface area (TPSA) is 107 Å². The highest BCUT2D eigenvalue weighted by atomic mass is 32.2. The minimum Gasteiger partial charge on any atom is -0.550 e. The van der Waals surface area contributed by atoms with E-state index < -0.39 is 21.7 Å². The molecule has 0 bridgehead atoms. The second kappa shape index (κ2) is 7.63. The Labute approximate surface area is 162 Å². The van der Waals surface area contributed by atoms with E-state index in [2.05, 4.69) is 4.99 Å². The summed E-state index contributed by atoms with van der Waals surface area (Å²) in [5.74, 6) is -1.49. The molecule has 7 nitrogen and oxygen atoms in total. The highest BCUT2D eigenvalue weighted by molar-refractivity contribution is 8.16. The quantitative estimate of drug-likeness (QED) is 0.709. The van der Waals surface area contributed by atoms with Crippen LogP contribution in [0, 0.1) is 13.8 Å². The zero-order valence-electron chi connectivity index (χ0n) is 15.2. The van der Waals surface area contributed by atoms with Crippen molar-refractivity contribution >= 4 is 44.3 Å². The van der Waals surface area contributed by atoms with Crippen molar-refractivity contribution in [2.24, 2.45) is 4.99 Å². The number of benzene rings is 1. The van der Waals surface area contributed by atoms with Crippen molar-refractivity contribution in [3.8, 4) is 0 Å². The highest BCUT2D eigenvalue weighted by Gasteiger charge is 2.49. The molecule has 2 fully saturated rings. The number of hydrogen-bond acceptors (Lipinski definition) is 6. The van der Waals surface area contributed by atoms with Crippen molar-refractivity contribution in [1.29, 1.82) is 0 Å². The number of anilines is 1. The van der Waals surface area contributed by atoms with Gasteiger partial charge in [-0.1, -0.05) is 23.9 Å². The highest BCUT2D eigenvalue weighted by Crippen LogP contribution is 2.42. The van der Waals surface area contributed by atoms with E-state index in [4.69, 9.17) is 0 Å². The monoisotopic (exact) mass is 409 g/mol. The minimum absolute atomic E-state index is 0.0202. The molecule has 0 N–H and O–H groups in total.